The number of fused-ring (bicyclic) bond motifs is 1. The Morgan fingerprint density at radius 3 is 2.96 bits per heavy atom. The summed E-state index contributed by atoms with van der Waals surface area (Å²) in [5, 5.41) is 9.58. The monoisotopic (exact) mass is 377 g/mol. The van der Waals surface area contributed by atoms with Gasteiger partial charge in [-0.3, -0.25) is 4.68 Å². The van der Waals surface area contributed by atoms with Gasteiger partial charge in [0.05, 0.1) is 23.1 Å². The molecule has 1 aliphatic carbocycles. The Morgan fingerprint density at radius 2 is 2.26 bits per heavy atom. The van der Waals surface area contributed by atoms with Crippen molar-refractivity contribution in [1.29, 1.82) is 0 Å². The average molecular weight is 378 g/mol. The number of halogens is 1. The van der Waals surface area contributed by atoms with Gasteiger partial charge < -0.3 is 10.1 Å². The molecule has 2 aliphatic rings. The normalized spacial score (nSPS) is 31.1. The second kappa shape index (κ2) is 5.78. The fraction of sp³-hybridized carbons (Fsp3) is 0.611. The topological polar surface area (TPSA) is 39.1 Å². The first-order chi connectivity index (χ1) is 11.1. The molecule has 1 aromatic heterocycles. The molecule has 0 bridgehead atoms. The number of nitrogens with zero attached hydrogens (tertiary/aromatic N) is 2. The molecule has 1 aromatic carbocycles. The van der Waals surface area contributed by atoms with Crippen molar-refractivity contribution < 1.29 is 4.74 Å². The largest absolute Gasteiger partial charge is 0.495 e. The number of benzene rings is 1. The van der Waals surface area contributed by atoms with Gasteiger partial charge in [0, 0.05) is 24.2 Å². The zero-order valence-electron chi connectivity index (χ0n) is 13.8. The molecule has 0 radical (unpaired) electrons. The molecule has 2 aromatic rings. The van der Waals surface area contributed by atoms with E-state index >= 15 is 0 Å². The minimum atomic E-state index is 0.512. The van der Waals surface area contributed by atoms with Gasteiger partial charge in [-0.1, -0.05) is 6.92 Å². The maximum Gasteiger partial charge on any atom is 0.135 e. The summed E-state index contributed by atoms with van der Waals surface area (Å²) >= 11 is 3.57. The highest BCUT2D eigenvalue weighted by Crippen LogP contribution is 2.47. The SMILES string of the molecule is COc1cc2nn([C@@H]3CC[C@]4(CCNC4)C[C@H]3C)cc2cc1Br. The van der Waals surface area contributed by atoms with E-state index in [1.165, 1.54) is 44.2 Å². The molecule has 1 aliphatic heterocycles. The van der Waals surface area contributed by atoms with Gasteiger partial charge in [0.1, 0.15) is 5.75 Å². The molecule has 5 heteroatoms. The van der Waals surface area contributed by atoms with Gasteiger partial charge >= 0.3 is 0 Å². The predicted molar refractivity (Wildman–Crippen MR) is 96.0 cm³/mol. The molecule has 1 N–H and O–H groups in total. The lowest BCUT2D eigenvalue weighted by Gasteiger charge is -2.41. The molecule has 2 heterocycles. The summed E-state index contributed by atoms with van der Waals surface area (Å²) in [6, 6.07) is 4.64. The molecule has 1 saturated heterocycles. The summed E-state index contributed by atoms with van der Waals surface area (Å²) in [6.07, 6.45) is 7.40. The molecule has 4 nitrogen and oxygen atoms in total. The van der Waals surface area contributed by atoms with Crippen LogP contribution in [0.25, 0.3) is 10.9 Å². The van der Waals surface area contributed by atoms with Crippen LogP contribution in [0.4, 0.5) is 0 Å². The number of aromatic nitrogens is 2. The van der Waals surface area contributed by atoms with Crippen molar-refractivity contribution in [3.8, 4) is 5.75 Å². The van der Waals surface area contributed by atoms with E-state index in [0.29, 0.717) is 17.4 Å². The maximum atomic E-state index is 5.39. The van der Waals surface area contributed by atoms with Gasteiger partial charge in [0.25, 0.3) is 0 Å². The first-order valence-corrected chi connectivity index (χ1v) is 9.33. The molecule has 4 rings (SSSR count). The van der Waals surface area contributed by atoms with Crippen LogP contribution in [0.5, 0.6) is 5.75 Å². The number of rotatable bonds is 2. The first kappa shape index (κ1) is 15.5. The van der Waals surface area contributed by atoms with Crippen molar-refractivity contribution in [3.05, 3.63) is 22.8 Å². The highest BCUT2D eigenvalue weighted by atomic mass is 79.9. The van der Waals surface area contributed by atoms with Gasteiger partial charge in [0.2, 0.25) is 0 Å². The second-order valence-electron chi connectivity index (χ2n) is 7.37. The molecule has 3 atom stereocenters. The van der Waals surface area contributed by atoms with Crippen LogP contribution < -0.4 is 10.1 Å². The Labute approximate surface area is 145 Å². The van der Waals surface area contributed by atoms with E-state index in [1.807, 2.05) is 6.07 Å². The lowest BCUT2D eigenvalue weighted by Crippen LogP contribution is -2.35. The Bertz CT molecular complexity index is 720. The smallest absolute Gasteiger partial charge is 0.135 e. The molecule has 2 fully saturated rings. The van der Waals surface area contributed by atoms with Gasteiger partial charge in [-0.25, -0.2) is 0 Å². The summed E-state index contributed by atoms with van der Waals surface area (Å²) < 4.78 is 8.58. The fourth-order valence-corrected chi connectivity index (χ4v) is 5.13. The van der Waals surface area contributed by atoms with Crippen LogP contribution in [0.3, 0.4) is 0 Å². The molecule has 0 unspecified atom stereocenters. The number of nitrogens with one attached hydrogen (secondary N) is 1. The fourth-order valence-electron chi connectivity index (χ4n) is 4.61. The zero-order chi connectivity index (χ0) is 16.0. The van der Waals surface area contributed by atoms with E-state index in [-0.39, 0.29) is 0 Å². The number of hydrogen-bond acceptors (Lipinski definition) is 3. The molecule has 124 valence electrons. The van der Waals surface area contributed by atoms with E-state index in [9.17, 15) is 0 Å². The van der Waals surface area contributed by atoms with Gasteiger partial charge in [0.15, 0.2) is 0 Å². The van der Waals surface area contributed by atoms with Crippen LogP contribution in [0.1, 0.15) is 38.6 Å². The standard InChI is InChI=1S/C18H24BrN3O/c1-12-9-18(5-6-20-11-18)4-3-16(12)22-10-13-7-14(19)17(23-2)8-15(13)21-22/h7-8,10,12,16,20H,3-6,9,11H2,1-2H3/t12-,16-,18+/m1/s1. The number of methoxy groups -OCH3 is 1. The van der Waals surface area contributed by atoms with Crippen molar-refractivity contribution >= 4 is 26.8 Å². The predicted octanol–water partition coefficient (Wildman–Crippen LogP) is 4.15. The zero-order valence-corrected chi connectivity index (χ0v) is 15.4. The van der Waals surface area contributed by atoms with Crippen LogP contribution in [-0.4, -0.2) is 30.0 Å². The molecule has 1 spiro atoms. The average Bonchev–Trinajstić information content (AvgIpc) is 3.13. The minimum Gasteiger partial charge on any atom is -0.495 e. The Morgan fingerprint density at radius 1 is 1.39 bits per heavy atom. The molecule has 1 saturated carbocycles. The lowest BCUT2D eigenvalue weighted by atomic mass is 9.67. The van der Waals surface area contributed by atoms with Crippen molar-refractivity contribution in [2.75, 3.05) is 20.2 Å². The van der Waals surface area contributed by atoms with Crippen LogP contribution >= 0.6 is 15.9 Å². The van der Waals surface area contributed by atoms with Crippen LogP contribution in [-0.2, 0) is 0 Å². The van der Waals surface area contributed by atoms with E-state index < -0.39 is 0 Å². The van der Waals surface area contributed by atoms with E-state index in [1.54, 1.807) is 7.11 Å². The van der Waals surface area contributed by atoms with Gasteiger partial charge in [-0.15, -0.1) is 0 Å². The Balaban J connectivity index is 1.61. The first-order valence-electron chi connectivity index (χ1n) is 8.53. The van der Waals surface area contributed by atoms with Crippen molar-refractivity contribution in [2.45, 2.75) is 38.6 Å². The highest BCUT2D eigenvalue weighted by Gasteiger charge is 2.41. The van der Waals surface area contributed by atoms with Crippen molar-refractivity contribution in [3.63, 3.8) is 0 Å². The van der Waals surface area contributed by atoms with E-state index in [4.69, 9.17) is 9.84 Å². The summed E-state index contributed by atoms with van der Waals surface area (Å²) in [5.41, 5.74) is 1.56. The number of ether oxygens (including phenoxy) is 1. The van der Waals surface area contributed by atoms with Crippen LogP contribution in [0.2, 0.25) is 0 Å². The summed E-state index contributed by atoms with van der Waals surface area (Å²) in [5.74, 6) is 1.51. The van der Waals surface area contributed by atoms with Gasteiger partial charge in [-0.2, -0.15) is 5.10 Å². The third-order valence-corrected chi connectivity index (χ3v) is 6.47. The van der Waals surface area contributed by atoms with Gasteiger partial charge in [-0.05, 0) is 65.6 Å². The molecule has 0 amide bonds. The molecular formula is C18H24BrN3O. The lowest BCUT2D eigenvalue weighted by molar-refractivity contribution is 0.111. The van der Waals surface area contributed by atoms with E-state index in [2.05, 4.69) is 45.1 Å². The minimum absolute atomic E-state index is 0.512. The van der Waals surface area contributed by atoms with E-state index in [0.717, 1.165) is 15.7 Å². The number of hydrogen-bond donors (Lipinski definition) is 1. The van der Waals surface area contributed by atoms with Crippen LogP contribution in [0, 0.1) is 11.3 Å². The molecule has 23 heavy (non-hydrogen) atoms. The summed E-state index contributed by atoms with van der Waals surface area (Å²) in [4.78, 5) is 0. The quantitative estimate of drug-likeness (QED) is 0.854. The molecular weight excluding hydrogens is 354 g/mol. The Hall–Kier alpha value is -1.07. The summed E-state index contributed by atoms with van der Waals surface area (Å²) in [7, 11) is 1.70. The second-order valence-corrected chi connectivity index (χ2v) is 8.22. The summed E-state index contributed by atoms with van der Waals surface area (Å²) in [6.45, 7) is 4.79. The Kier molecular flexibility index (Phi) is 3.88. The van der Waals surface area contributed by atoms with Crippen molar-refractivity contribution in [1.82, 2.24) is 15.1 Å². The highest BCUT2D eigenvalue weighted by molar-refractivity contribution is 9.10. The van der Waals surface area contributed by atoms with Crippen LogP contribution in [0.15, 0.2) is 22.8 Å². The third-order valence-electron chi connectivity index (χ3n) is 5.85. The third kappa shape index (κ3) is 2.68. The van der Waals surface area contributed by atoms with Crippen molar-refractivity contribution in [2.24, 2.45) is 11.3 Å². The maximum absolute atomic E-state index is 5.39.